The second-order valence-corrected chi connectivity index (χ2v) is 6.53. The van der Waals surface area contributed by atoms with Crippen LogP contribution in [0.3, 0.4) is 0 Å². The predicted molar refractivity (Wildman–Crippen MR) is 73.5 cm³/mol. The van der Waals surface area contributed by atoms with Gasteiger partial charge < -0.3 is 9.64 Å². The summed E-state index contributed by atoms with van der Waals surface area (Å²) in [6.07, 6.45) is 1.53. The Morgan fingerprint density at radius 3 is 2.28 bits per heavy atom. The van der Waals surface area contributed by atoms with Gasteiger partial charge in [0.1, 0.15) is 5.02 Å². The molecule has 0 N–H and O–H groups in total. The second kappa shape index (κ2) is 4.51. The molecule has 1 aromatic rings. The van der Waals surface area contributed by atoms with Gasteiger partial charge in [-0.05, 0) is 39.3 Å². The van der Waals surface area contributed by atoms with Crippen molar-refractivity contribution in [1.82, 2.24) is 9.97 Å². The van der Waals surface area contributed by atoms with E-state index in [4.69, 9.17) is 27.9 Å². The number of aromatic nitrogens is 2. The lowest BCUT2D eigenvalue weighted by Crippen LogP contribution is -2.57. The molecule has 1 fully saturated rings. The number of rotatable bonds is 1. The maximum atomic E-state index is 6.15. The van der Waals surface area contributed by atoms with E-state index < -0.39 is 0 Å². The van der Waals surface area contributed by atoms with Crippen LogP contribution in [0.5, 0.6) is 0 Å². The Morgan fingerprint density at radius 1 is 1.17 bits per heavy atom. The zero-order valence-electron chi connectivity index (χ0n) is 11.0. The van der Waals surface area contributed by atoms with E-state index in [9.17, 15) is 0 Å². The van der Waals surface area contributed by atoms with E-state index in [0.717, 1.165) is 0 Å². The van der Waals surface area contributed by atoms with Crippen LogP contribution in [0.2, 0.25) is 10.3 Å². The smallest absolute Gasteiger partial charge is 0.224 e. The zero-order valence-corrected chi connectivity index (χ0v) is 12.5. The van der Waals surface area contributed by atoms with Crippen LogP contribution >= 0.6 is 23.2 Å². The highest BCUT2D eigenvalue weighted by Gasteiger charge is 2.39. The first-order valence-corrected chi connectivity index (χ1v) is 6.57. The average molecular weight is 290 g/mol. The minimum atomic E-state index is -0.261. The molecule has 0 amide bonds. The fraction of sp³-hybridized carbons (Fsp3) is 0.667. The first-order chi connectivity index (χ1) is 8.19. The molecule has 18 heavy (non-hydrogen) atoms. The van der Waals surface area contributed by atoms with Crippen molar-refractivity contribution in [2.45, 2.75) is 38.9 Å². The maximum Gasteiger partial charge on any atom is 0.224 e. The summed E-state index contributed by atoms with van der Waals surface area (Å²) in [4.78, 5) is 10.2. The lowest BCUT2D eigenvalue weighted by molar-refractivity contribution is -0.133. The third-order valence-corrected chi connectivity index (χ3v) is 3.14. The molecule has 0 spiro atoms. The monoisotopic (exact) mass is 289 g/mol. The van der Waals surface area contributed by atoms with Gasteiger partial charge in [-0.3, -0.25) is 0 Å². The van der Waals surface area contributed by atoms with Crippen LogP contribution in [-0.2, 0) is 4.74 Å². The zero-order chi connectivity index (χ0) is 13.6. The topological polar surface area (TPSA) is 38.2 Å². The molecule has 0 saturated carbocycles. The van der Waals surface area contributed by atoms with Gasteiger partial charge in [-0.15, -0.1) is 0 Å². The number of halogens is 2. The van der Waals surface area contributed by atoms with E-state index in [1.165, 1.54) is 6.20 Å². The van der Waals surface area contributed by atoms with Crippen LogP contribution in [0.15, 0.2) is 6.20 Å². The summed E-state index contributed by atoms with van der Waals surface area (Å²) >= 11 is 12.0. The molecule has 0 unspecified atom stereocenters. The van der Waals surface area contributed by atoms with Crippen molar-refractivity contribution in [1.29, 1.82) is 0 Å². The van der Waals surface area contributed by atoms with Gasteiger partial charge in [0.05, 0.1) is 17.4 Å². The average Bonchev–Trinajstić information content (AvgIpc) is 2.17. The molecular formula is C12H17Cl2N3O. The fourth-order valence-electron chi connectivity index (χ4n) is 2.50. The van der Waals surface area contributed by atoms with Crippen molar-refractivity contribution in [3.63, 3.8) is 0 Å². The second-order valence-electron chi connectivity index (χ2n) is 5.79. The molecule has 2 rings (SSSR count). The third kappa shape index (κ3) is 3.05. The van der Waals surface area contributed by atoms with Crippen molar-refractivity contribution in [2.75, 3.05) is 18.0 Å². The molecule has 100 valence electrons. The number of hydrogen-bond acceptors (Lipinski definition) is 4. The van der Waals surface area contributed by atoms with Crippen LogP contribution in [0, 0.1) is 0 Å². The van der Waals surface area contributed by atoms with Gasteiger partial charge >= 0.3 is 0 Å². The molecule has 2 heterocycles. The van der Waals surface area contributed by atoms with E-state index in [-0.39, 0.29) is 16.5 Å². The highest BCUT2D eigenvalue weighted by Crippen LogP contribution is 2.33. The number of nitrogens with zero attached hydrogens (tertiary/aromatic N) is 3. The van der Waals surface area contributed by atoms with Crippen molar-refractivity contribution >= 4 is 29.0 Å². The summed E-state index contributed by atoms with van der Waals surface area (Å²) in [6.45, 7) is 9.64. The van der Waals surface area contributed by atoms with Crippen LogP contribution in [0.25, 0.3) is 0 Å². The van der Waals surface area contributed by atoms with Crippen molar-refractivity contribution in [2.24, 2.45) is 0 Å². The summed E-state index contributed by atoms with van der Waals surface area (Å²) in [7, 11) is 0. The van der Waals surface area contributed by atoms with Gasteiger partial charge in [-0.2, -0.15) is 4.98 Å². The number of hydrogen-bond donors (Lipinski definition) is 0. The third-order valence-electron chi connectivity index (χ3n) is 2.69. The molecular weight excluding hydrogens is 273 g/mol. The van der Waals surface area contributed by atoms with E-state index in [0.29, 0.717) is 23.9 Å². The molecule has 0 atom stereocenters. The van der Waals surface area contributed by atoms with Crippen LogP contribution in [-0.4, -0.2) is 34.3 Å². The van der Waals surface area contributed by atoms with Crippen LogP contribution in [0.4, 0.5) is 5.82 Å². The molecule has 1 aromatic heterocycles. The number of anilines is 1. The Morgan fingerprint density at radius 2 is 1.72 bits per heavy atom. The highest BCUT2D eigenvalue weighted by atomic mass is 35.5. The van der Waals surface area contributed by atoms with Gasteiger partial charge in [0.25, 0.3) is 0 Å². The SMILES string of the molecule is CC1(C)CN(c2nc(Cl)ncc2Cl)CC(C)(C)O1. The number of morpholine rings is 1. The summed E-state index contributed by atoms with van der Waals surface area (Å²) in [5.74, 6) is 0.668. The summed E-state index contributed by atoms with van der Waals surface area (Å²) in [5.41, 5.74) is -0.523. The number of ether oxygens (including phenoxy) is 1. The van der Waals surface area contributed by atoms with Crippen molar-refractivity contribution < 1.29 is 4.74 Å². The Hall–Kier alpha value is -0.580. The molecule has 4 nitrogen and oxygen atoms in total. The molecule has 6 heteroatoms. The van der Waals surface area contributed by atoms with Gasteiger partial charge in [0.15, 0.2) is 5.82 Å². The Labute approximate surface area is 117 Å². The van der Waals surface area contributed by atoms with E-state index >= 15 is 0 Å². The first-order valence-electron chi connectivity index (χ1n) is 5.82. The lowest BCUT2D eigenvalue weighted by Gasteiger charge is -2.47. The van der Waals surface area contributed by atoms with Crippen LogP contribution < -0.4 is 4.90 Å². The molecule has 1 saturated heterocycles. The van der Waals surface area contributed by atoms with Gasteiger partial charge in [-0.1, -0.05) is 11.6 Å². The quantitative estimate of drug-likeness (QED) is 0.745. The maximum absolute atomic E-state index is 6.15. The fourth-order valence-corrected chi connectivity index (χ4v) is 2.84. The van der Waals surface area contributed by atoms with E-state index in [1.54, 1.807) is 0 Å². The Balaban J connectivity index is 2.35. The standard InChI is InChI=1S/C12H17Cl2N3O/c1-11(2)6-17(7-12(3,4)18-11)9-8(13)5-15-10(14)16-9/h5H,6-7H2,1-4H3. The van der Waals surface area contributed by atoms with Crippen molar-refractivity contribution in [3.8, 4) is 0 Å². The summed E-state index contributed by atoms with van der Waals surface area (Å²) in [6, 6.07) is 0. The molecule has 1 aliphatic rings. The largest absolute Gasteiger partial charge is 0.366 e. The molecule has 0 aromatic carbocycles. The molecule has 0 aliphatic carbocycles. The normalized spacial score (nSPS) is 22.0. The van der Waals surface area contributed by atoms with E-state index in [1.807, 2.05) is 0 Å². The Kier molecular flexibility index (Phi) is 3.47. The first kappa shape index (κ1) is 13.8. The van der Waals surface area contributed by atoms with Gasteiger partial charge in [0.2, 0.25) is 5.28 Å². The summed E-state index contributed by atoms with van der Waals surface area (Å²) in [5, 5.41) is 0.712. The minimum Gasteiger partial charge on any atom is -0.366 e. The van der Waals surface area contributed by atoms with Crippen molar-refractivity contribution in [3.05, 3.63) is 16.5 Å². The highest BCUT2D eigenvalue weighted by molar-refractivity contribution is 6.33. The molecule has 0 bridgehead atoms. The van der Waals surface area contributed by atoms with Gasteiger partial charge in [0, 0.05) is 13.1 Å². The predicted octanol–water partition coefficient (Wildman–Crippen LogP) is 3.18. The van der Waals surface area contributed by atoms with Crippen LogP contribution in [0.1, 0.15) is 27.7 Å². The Bertz CT molecular complexity index is 447. The molecule has 0 radical (unpaired) electrons. The summed E-state index contributed by atoms with van der Waals surface area (Å²) < 4.78 is 6.02. The lowest BCUT2D eigenvalue weighted by atomic mass is 9.99. The van der Waals surface area contributed by atoms with Gasteiger partial charge in [-0.25, -0.2) is 4.98 Å². The van der Waals surface area contributed by atoms with E-state index in [2.05, 4.69) is 42.6 Å². The molecule has 1 aliphatic heterocycles. The minimum absolute atomic E-state index is 0.205.